The van der Waals surface area contributed by atoms with E-state index in [1.165, 1.54) is 11.3 Å². The van der Waals surface area contributed by atoms with Gasteiger partial charge in [0.25, 0.3) is 0 Å². The van der Waals surface area contributed by atoms with E-state index in [-0.39, 0.29) is 5.91 Å². The van der Waals surface area contributed by atoms with E-state index in [0.29, 0.717) is 19.0 Å². The Kier molecular flexibility index (Phi) is 7.14. The second-order valence-electron chi connectivity index (χ2n) is 5.39. The van der Waals surface area contributed by atoms with Crippen molar-refractivity contribution < 1.29 is 9.59 Å². The number of carbonyl (C=O) groups is 2. The van der Waals surface area contributed by atoms with Gasteiger partial charge >= 0.3 is 6.03 Å². The van der Waals surface area contributed by atoms with Gasteiger partial charge in [-0.15, -0.1) is 11.3 Å². The minimum Gasteiger partial charge on any atom is -0.338 e. The molecule has 0 saturated heterocycles. The van der Waals surface area contributed by atoms with Gasteiger partial charge in [-0.3, -0.25) is 15.0 Å². The molecule has 1 unspecified atom stereocenters. The van der Waals surface area contributed by atoms with Crippen LogP contribution in [0.15, 0.2) is 12.1 Å². The molecule has 1 aromatic heterocycles. The SMILES string of the molecule is CC(C)CNC(=O)NC(=O)C(C)N(C)Cc1ccc(Cl)s1. The van der Waals surface area contributed by atoms with Crippen molar-refractivity contribution in [2.45, 2.75) is 33.4 Å². The molecule has 0 aliphatic rings. The second kappa shape index (κ2) is 8.36. The number of halogens is 1. The van der Waals surface area contributed by atoms with Crippen molar-refractivity contribution in [3.63, 3.8) is 0 Å². The number of imide groups is 1. The molecule has 1 heterocycles. The molecular formula is C14H22ClN3O2S. The number of nitrogens with one attached hydrogen (secondary N) is 2. The number of amides is 3. The molecule has 0 fully saturated rings. The first kappa shape index (κ1) is 17.9. The van der Waals surface area contributed by atoms with E-state index in [0.717, 1.165) is 9.21 Å². The summed E-state index contributed by atoms with van der Waals surface area (Å²) >= 11 is 7.37. The van der Waals surface area contributed by atoms with Gasteiger partial charge in [0, 0.05) is 18.0 Å². The Bertz CT molecular complexity index is 490. The van der Waals surface area contributed by atoms with Crippen LogP contribution in [-0.2, 0) is 11.3 Å². The minimum atomic E-state index is -0.451. The first-order valence-corrected chi connectivity index (χ1v) is 8.02. The Morgan fingerprint density at radius 2 is 2.00 bits per heavy atom. The van der Waals surface area contributed by atoms with Gasteiger partial charge in [-0.05, 0) is 32.0 Å². The molecule has 0 aliphatic carbocycles. The standard InChI is InChI=1S/C14H22ClN3O2S/c1-9(2)7-16-14(20)17-13(19)10(3)18(4)8-11-5-6-12(15)21-11/h5-6,9-10H,7-8H2,1-4H3,(H2,16,17,19,20). The van der Waals surface area contributed by atoms with Gasteiger partial charge in [-0.1, -0.05) is 25.4 Å². The predicted molar refractivity (Wildman–Crippen MR) is 86.6 cm³/mol. The molecular weight excluding hydrogens is 310 g/mol. The number of hydrogen-bond acceptors (Lipinski definition) is 4. The molecule has 21 heavy (non-hydrogen) atoms. The summed E-state index contributed by atoms with van der Waals surface area (Å²) in [5, 5.41) is 5.01. The number of hydrogen-bond donors (Lipinski definition) is 2. The maximum atomic E-state index is 12.0. The number of thiophene rings is 1. The van der Waals surface area contributed by atoms with Crippen LogP contribution in [-0.4, -0.2) is 36.5 Å². The molecule has 2 N–H and O–H groups in total. The highest BCUT2D eigenvalue weighted by molar-refractivity contribution is 7.16. The molecule has 0 spiro atoms. The van der Waals surface area contributed by atoms with Gasteiger partial charge in [0.1, 0.15) is 0 Å². The van der Waals surface area contributed by atoms with Crippen LogP contribution in [0.4, 0.5) is 4.79 Å². The summed E-state index contributed by atoms with van der Waals surface area (Å²) < 4.78 is 0.726. The largest absolute Gasteiger partial charge is 0.338 e. The van der Waals surface area contributed by atoms with E-state index in [1.54, 1.807) is 6.92 Å². The third kappa shape index (κ3) is 6.46. The van der Waals surface area contributed by atoms with E-state index >= 15 is 0 Å². The van der Waals surface area contributed by atoms with Crippen LogP contribution in [0, 0.1) is 5.92 Å². The molecule has 1 rings (SSSR count). The number of urea groups is 1. The lowest BCUT2D eigenvalue weighted by atomic mass is 10.2. The molecule has 0 radical (unpaired) electrons. The lowest BCUT2D eigenvalue weighted by Crippen LogP contribution is -2.48. The van der Waals surface area contributed by atoms with Crippen LogP contribution in [0.5, 0.6) is 0 Å². The monoisotopic (exact) mass is 331 g/mol. The number of likely N-dealkylation sites (N-methyl/N-ethyl adjacent to an activating group) is 1. The lowest BCUT2D eigenvalue weighted by molar-refractivity contribution is -0.124. The second-order valence-corrected chi connectivity index (χ2v) is 7.19. The van der Waals surface area contributed by atoms with Crippen molar-refractivity contribution in [3.8, 4) is 0 Å². The third-order valence-electron chi connectivity index (χ3n) is 2.98. The van der Waals surface area contributed by atoms with Gasteiger partial charge < -0.3 is 5.32 Å². The Morgan fingerprint density at radius 3 is 2.52 bits per heavy atom. The van der Waals surface area contributed by atoms with Gasteiger partial charge in [0.2, 0.25) is 5.91 Å². The van der Waals surface area contributed by atoms with Crippen molar-refractivity contribution in [3.05, 3.63) is 21.3 Å². The normalized spacial score (nSPS) is 12.5. The van der Waals surface area contributed by atoms with Crippen LogP contribution in [0.2, 0.25) is 4.34 Å². The summed E-state index contributed by atoms with van der Waals surface area (Å²) in [6, 6.07) is 2.91. The van der Waals surface area contributed by atoms with Gasteiger partial charge in [-0.2, -0.15) is 0 Å². The highest BCUT2D eigenvalue weighted by Crippen LogP contribution is 2.22. The maximum absolute atomic E-state index is 12.0. The van der Waals surface area contributed by atoms with E-state index in [4.69, 9.17) is 11.6 Å². The summed E-state index contributed by atoms with van der Waals surface area (Å²) in [5.74, 6) is 0.0240. The Balaban J connectivity index is 2.43. The minimum absolute atomic E-state index is 0.318. The summed E-state index contributed by atoms with van der Waals surface area (Å²) in [4.78, 5) is 26.5. The van der Waals surface area contributed by atoms with Crippen LogP contribution in [0.25, 0.3) is 0 Å². The predicted octanol–water partition coefficient (Wildman–Crippen LogP) is 2.70. The van der Waals surface area contributed by atoms with Gasteiger partial charge in [-0.25, -0.2) is 4.79 Å². The quantitative estimate of drug-likeness (QED) is 0.842. The molecule has 0 aliphatic heterocycles. The van der Waals surface area contributed by atoms with Gasteiger partial charge in [0.05, 0.1) is 10.4 Å². The number of rotatable bonds is 6. The zero-order chi connectivity index (χ0) is 16.0. The van der Waals surface area contributed by atoms with Crippen molar-refractivity contribution in [2.75, 3.05) is 13.6 Å². The fraction of sp³-hybridized carbons (Fsp3) is 0.571. The summed E-state index contributed by atoms with van der Waals surface area (Å²) in [6.45, 7) is 6.90. The van der Waals surface area contributed by atoms with Crippen molar-refractivity contribution in [1.82, 2.24) is 15.5 Å². The van der Waals surface area contributed by atoms with Crippen LogP contribution in [0.3, 0.4) is 0 Å². The molecule has 1 atom stereocenters. The molecule has 1 aromatic rings. The van der Waals surface area contributed by atoms with Crippen LogP contribution < -0.4 is 10.6 Å². The van der Waals surface area contributed by atoms with E-state index in [9.17, 15) is 9.59 Å². The number of carbonyl (C=O) groups excluding carboxylic acids is 2. The topological polar surface area (TPSA) is 61.4 Å². The first-order chi connectivity index (χ1) is 9.79. The molecule has 7 heteroatoms. The van der Waals surface area contributed by atoms with E-state index < -0.39 is 12.1 Å². The van der Waals surface area contributed by atoms with Crippen molar-refractivity contribution in [1.29, 1.82) is 0 Å². The Morgan fingerprint density at radius 1 is 1.33 bits per heavy atom. The molecule has 118 valence electrons. The maximum Gasteiger partial charge on any atom is 0.321 e. The highest BCUT2D eigenvalue weighted by atomic mass is 35.5. The van der Waals surface area contributed by atoms with E-state index in [1.807, 2.05) is 37.9 Å². The summed E-state index contributed by atoms with van der Waals surface area (Å²) in [6.07, 6.45) is 0. The Labute approximate surface area is 134 Å². The smallest absolute Gasteiger partial charge is 0.321 e. The average Bonchev–Trinajstić information content (AvgIpc) is 2.80. The fourth-order valence-electron chi connectivity index (χ4n) is 1.58. The summed E-state index contributed by atoms with van der Waals surface area (Å²) in [5.41, 5.74) is 0. The molecule has 0 bridgehead atoms. The van der Waals surface area contributed by atoms with Crippen molar-refractivity contribution in [2.24, 2.45) is 5.92 Å². The van der Waals surface area contributed by atoms with Crippen molar-refractivity contribution >= 4 is 34.9 Å². The number of nitrogens with zero attached hydrogens (tertiary/aromatic N) is 1. The van der Waals surface area contributed by atoms with E-state index in [2.05, 4.69) is 10.6 Å². The Hall–Kier alpha value is -1.11. The van der Waals surface area contributed by atoms with Gasteiger partial charge in [0.15, 0.2) is 0 Å². The first-order valence-electron chi connectivity index (χ1n) is 6.82. The zero-order valence-electron chi connectivity index (χ0n) is 12.8. The highest BCUT2D eigenvalue weighted by Gasteiger charge is 2.20. The van der Waals surface area contributed by atoms with Crippen LogP contribution in [0.1, 0.15) is 25.6 Å². The zero-order valence-corrected chi connectivity index (χ0v) is 14.3. The lowest BCUT2D eigenvalue weighted by Gasteiger charge is -2.23. The molecule has 3 amide bonds. The molecule has 0 aromatic carbocycles. The molecule has 0 saturated carbocycles. The third-order valence-corrected chi connectivity index (χ3v) is 4.20. The average molecular weight is 332 g/mol. The fourth-order valence-corrected chi connectivity index (χ4v) is 2.73. The molecule has 5 nitrogen and oxygen atoms in total. The summed E-state index contributed by atoms with van der Waals surface area (Å²) in [7, 11) is 1.84. The van der Waals surface area contributed by atoms with Crippen LogP contribution >= 0.6 is 22.9 Å².